The Hall–Kier alpha value is -1.18. The van der Waals surface area contributed by atoms with Gasteiger partial charge in [-0.2, -0.15) is 0 Å². The van der Waals surface area contributed by atoms with Crippen LogP contribution in [0, 0.1) is 0 Å². The number of nitrogens with one attached hydrogen (secondary N) is 3. The molecule has 1 aliphatic heterocycles. The van der Waals surface area contributed by atoms with Crippen LogP contribution in [0.25, 0.3) is 0 Å². The van der Waals surface area contributed by atoms with Crippen LogP contribution in [0.5, 0.6) is 0 Å². The Kier molecular flexibility index (Phi) is 3.93. The van der Waals surface area contributed by atoms with Crippen molar-refractivity contribution in [2.45, 2.75) is 17.9 Å². The molecule has 17 heavy (non-hydrogen) atoms. The van der Waals surface area contributed by atoms with E-state index in [1.807, 2.05) is 0 Å². The van der Waals surface area contributed by atoms with Gasteiger partial charge in [0, 0.05) is 13.1 Å². The van der Waals surface area contributed by atoms with Crippen LogP contribution >= 0.6 is 0 Å². The van der Waals surface area contributed by atoms with Crippen molar-refractivity contribution in [3.8, 4) is 0 Å². The van der Waals surface area contributed by atoms with E-state index in [2.05, 4.69) is 26.1 Å². The quantitative estimate of drug-likeness (QED) is 0.647. The van der Waals surface area contributed by atoms with Crippen LogP contribution in [0.2, 0.25) is 0 Å². The molecule has 1 aromatic heterocycles. The highest BCUT2D eigenvalue weighted by Gasteiger charge is 2.14. The van der Waals surface area contributed by atoms with Crippen LogP contribution in [-0.2, 0) is 10.0 Å². The van der Waals surface area contributed by atoms with Crippen LogP contribution in [0.15, 0.2) is 29.2 Å². The van der Waals surface area contributed by atoms with Gasteiger partial charge in [-0.15, -0.1) is 0 Å². The molecule has 7 heteroatoms. The van der Waals surface area contributed by atoms with Gasteiger partial charge in [0.15, 0.2) is 5.03 Å². The molecule has 0 amide bonds. The summed E-state index contributed by atoms with van der Waals surface area (Å²) in [4.78, 5) is 6.27. The number of H-pyrrole nitrogens is 1. The summed E-state index contributed by atoms with van der Waals surface area (Å²) in [6, 6.07) is 0. The minimum absolute atomic E-state index is 0.108. The lowest BCUT2D eigenvalue weighted by molar-refractivity contribution is 0.576. The first-order valence-corrected chi connectivity index (χ1v) is 7.03. The zero-order chi connectivity index (χ0) is 12.1. The molecule has 0 spiro atoms. The van der Waals surface area contributed by atoms with Crippen molar-refractivity contribution in [3.05, 3.63) is 24.2 Å². The standard InChI is InChI=1S/C10H16N4O2S/c15-17(16,10-7-12-8-13-10)14-6-3-9-1-4-11-5-2-9/h1,7-8,11,14H,2-6H2,(H,12,13). The number of aromatic amines is 1. The van der Waals surface area contributed by atoms with Gasteiger partial charge >= 0.3 is 0 Å². The summed E-state index contributed by atoms with van der Waals surface area (Å²) in [5, 5.41) is 3.32. The molecular formula is C10H16N4O2S. The molecule has 94 valence electrons. The molecule has 0 aliphatic carbocycles. The maximum atomic E-state index is 11.7. The molecule has 0 fully saturated rings. The minimum Gasteiger partial charge on any atom is -0.335 e. The fraction of sp³-hybridized carbons (Fsp3) is 0.500. The number of sulfonamides is 1. The van der Waals surface area contributed by atoms with Gasteiger partial charge in [-0.3, -0.25) is 0 Å². The van der Waals surface area contributed by atoms with Gasteiger partial charge in [0.05, 0.1) is 12.5 Å². The molecule has 0 unspecified atom stereocenters. The van der Waals surface area contributed by atoms with Crippen LogP contribution in [0.3, 0.4) is 0 Å². The zero-order valence-corrected chi connectivity index (χ0v) is 10.3. The van der Waals surface area contributed by atoms with Crippen molar-refractivity contribution < 1.29 is 8.42 Å². The summed E-state index contributed by atoms with van der Waals surface area (Å²) in [6.45, 7) is 2.27. The second kappa shape index (κ2) is 5.44. The van der Waals surface area contributed by atoms with E-state index in [1.54, 1.807) is 0 Å². The van der Waals surface area contributed by atoms with Gasteiger partial charge in [-0.25, -0.2) is 18.1 Å². The molecule has 1 aliphatic rings. The zero-order valence-electron chi connectivity index (χ0n) is 9.44. The van der Waals surface area contributed by atoms with E-state index in [-0.39, 0.29) is 5.03 Å². The van der Waals surface area contributed by atoms with E-state index >= 15 is 0 Å². The van der Waals surface area contributed by atoms with E-state index in [9.17, 15) is 8.42 Å². The number of hydrogen-bond donors (Lipinski definition) is 3. The molecule has 0 radical (unpaired) electrons. The normalized spacial score (nSPS) is 16.8. The topological polar surface area (TPSA) is 86.9 Å². The molecular weight excluding hydrogens is 240 g/mol. The number of imidazole rings is 1. The Balaban J connectivity index is 1.84. The fourth-order valence-corrected chi connectivity index (χ4v) is 2.64. The molecule has 0 atom stereocenters. The number of nitrogens with zero attached hydrogens (tertiary/aromatic N) is 1. The van der Waals surface area contributed by atoms with E-state index in [0.717, 1.165) is 25.9 Å². The Morgan fingerprint density at radius 2 is 2.35 bits per heavy atom. The summed E-state index contributed by atoms with van der Waals surface area (Å²) in [7, 11) is -3.43. The third-order valence-electron chi connectivity index (χ3n) is 2.66. The van der Waals surface area contributed by atoms with E-state index in [1.165, 1.54) is 18.1 Å². The highest BCUT2D eigenvalue weighted by molar-refractivity contribution is 7.89. The van der Waals surface area contributed by atoms with Crippen molar-refractivity contribution in [2.24, 2.45) is 0 Å². The number of hydrogen-bond acceptors (Lipinski definition) is 4. The molecule has 6 nitrogen and oxygen atoms in total. The maximum Gasteiger partial charge on any atom is 0.257 e. The monoisotopic (exact) mass is 256 g/mol. The lowest BCUT2D eigenvalue weighted by Crippen LogP contribution is -2.27. The summed E-state index contributed by atoms with van der Waals surface area (Å²) in [5.74, 6) is 0. The molecule has 2 heterocycles. The van der Waals surface area contributed by atoms with Crippen LogP contribution < -0.4 is 10.0 Å². The van der Waals surface area contributed by atoms with E-state index < -0.39 is 10.0 Å². The summed E-state index contributed by atoms with van der Waals surface area (Å²) in [5.41, 5.74) is 1.30. The van der Waals surface area contributed by atoms with Crippen molar-refractivity contribution in [1.82, 2.24) is 20.0 Å². The molecule has 3 N–H and O–H groups in total. The summed E-state index contributed by atoms with van der Waals surface area (Å²) >= 11 is 0. The van der Waals surface area contributed by atoms with Crippen LogP contribution in [0.4, 0.5) is 0 Å². The van der Waals surface area contributed by atoms with Gasteiger partial charge in [0.1, 0.15) is 0 Å². The average molecular weight is 256 g/mol. The fourth-order valence-electron chi connectivity index (χ4n) is 1.71. The summed E-state index contributed by atoms with van der Waals surface area (Å²) in [6.07, 6.45) is 6.52. The first-order valence-electron chi connectivity index (χ1n) is 5.55. The van der Waals surface area contributed by atoms with Crippen LogP contribution in [0.1, 0.15) is 12.8 Å². The average Bonchev–Trinajstić information content (AvgIpc) is 2.84. The van der Waals surface area contributed by atoms with Crippen LogP contribution in [-0.4, -0.2) is 38.0 Å². The molecule has 0 saturated heterocycles. The van der Waals surface area contributed by atoms with Gasteiger partial charge in [0.25, 0.3) is 10.0 Å². The molecule has 0 bridgehead atoms. The Labute approximate surface area is 101 Å². The second-order valence-corrected chi connectivity index (χ2v) is 5.62. The van der Waals surface area contributed by atoms with E-state index in [4.69, 9.17) is 0 Å². The predicted molar refractivity (Wildman–Crippen MR) is 64.0 cm³/mol. The number of rotatable bonds is 5. The Bertz CT molecular complexity index is 478. The van der Waals surface area contributed by atoms with Crippen molar-refractivity contribution in [2.75, 3.05) is 19.6 Å². The van der Waals surface area contributed by atoms with Crippen molar-refractivity contribution in [3.63, 3.8) is 0 Å². The van der Waals surface area contributed by atoms with Gasteiger partial charge in [0.2, 0.25) is 0 Å². The lowest BCUT2D eigenvalue weighted by atomic mass is 10.1. The molecule has 1 aromatic rings. The van der Waals surface area contributed by atoms with Crippen molar-refractivity contribution >= 4 is 10.0 Å². The van der Waals surface area contributed by atoms with Crippen molar-refractivity contribution in [1.29, 1.82) is 0 Å². The lowest BCUT2D eigenvalue weighted by Gasteiger charge is -2.13. The van der Waals surface area contributed by atoms with Gasteiger partial charge < -0.3 is 10.3 Å². The van der Waals surface area contributed by atoms with Gasteiger partial charge in [-0.05, 0) is 19.4 Å². The highest BCUT2D eigenvalue weighted by Crippen LogP contribution is 2.09. The molecule has 2 rings (SSSR count). The minimum atomic E-state index is -3.43. The first kappa shape index (κ1) is 12.3. The Morgan fingerprint density at radius 3 is 3.00 bits per heavy atom. The predicted octanol–water partition coefficient (Wildman–Crippen LogP) is -0.00220. The van der Waals surface area contributed by atoms with E-state index in [0.29, 0.717) is 6.54 Å². The highest BCUT2D eigenvalue weighted by atomic mass is 32.2. The van der Waals surface area contributed by atoms with Gasteiger partial charge in [-0.1, -0.05) is 11.6 Å². The number of aromatic nitrogens is 2. The maximum absolute atomic E-state index is 11.7. The third-order valence-corrected chi connectivity index (χ3v) is 4.05. The third kappa shape index (κ3) is 3.39. The first-order chi connectivity index (χ1) is 8.18. The summed E-state index contributed by atoms with van der Waals surface area (Å²) < 4.78 is 26.0. The molecule has 0 aromatic carbocycles. The largest absolute Gasteiger partial charge is 0.335 e. The SMILES string of the molecule is O=S(=O)(NCCC1=CCNCC1)c1cnc[nH]1. The smallest absolute Gasteiger partial charge is 0.257 e. The molecule has 0 saturated carbocycles. The Morgan fingerprint density at radius 1 is 1.47 bits per heavy atom. The second-order valence-electron chi connectivity index (χ2n) is 3.88.